The molecule has 4 nitrogen and oxygen atoms in total. The van der Waals surface area contributed by atoms with Crippen molar-refractivity contribution in [3.63, 3.8) is 0 Å². The van der Waals surface area contributed by atoms with E-state index in [1.807, 2.05) is 41.5 Å². The number of rotatable bonds is 9. The van der Waals surface area contributed by atoms with E-state index in [4.69, 9.17) is 0 Å². The molecule has 26 heavy (non-hydrogen) atoms. The third kappa shape index (κ3) is 13.2. The summed E-state index contributed by atoms with van der Waals surface area (Å²) >= 11 is 0. The monoisotopic (exact) mass is 370 g/mol. The summed E-state index contributed by atoms with van der Waals surface area (Å²) in [5.74, 6) is 0.344. The summed E-state index contributed by atoms with van der Waals surface area (Å²) in [6, 6.07) is 0. The largest absolute Gasteiger partial charge is 0.356 e. The molecule has 0 aliphatic rings. The van der Waals surface area contributed by atoms with Gasteiger partial charge in [0, 0.05) is 23.9 Å². The van der Waals surface area contributed by atoms with Crippen LogP contribution in [0.15, 0.2) is 0 Å². The Morgan fingerprint density at radius 3 is 1.46 bits per heavy atom. The highest BCUT2D eigenvalue weighted by Crippen LogP contribution is 2.20. The number of nitrogens with one attached hydrogen (secondary N) is 2. The van der Waals surface area contributed by atoms with E-state index >= 15 is 0 Å². The Bertz CT molecular complexity index is 407. The minimum Gasteiger partial charge on any atom is -0.356 e. The van der Waals surface area contributed by atoms with Crippen molar-refractivity contribution in [3.05, 3.63) is 0 Å². The van der Waals surface area contributed by atoms with Gasteiger partial charge in [-0.3, -0.25) is 9.59 Å². The average Bonchev–Trinajstić information content (AvgIpc) is 2.56. The van der Waals surface area contributed by atoms with Crippen molar-refractivity contribution < 1.29 is 9.59 Å². The first-order valence-corrected chi connectivity index (χ1v) is 10.3. The molecule has 0 aliphatic carbocycles. The number of hydrogen-bond acceptors (Lipinski definition) is 2. The van der Waals surface area contributed by atoms with Crippen molar-refractivity contribution in [2.75, 3.05) is 13.1 Å². The lowest BCUT2D eigenvalue weighted by atomic mass is 9.88. The zero-order valence-electron chi connectivity index (χ0n) is 19.3. The van der Waals surface area contributed by atoms with Crippen LogP contribution < -0.4 is 10.6 Å². The summed E-state index contributed by atoms with van der Waals surface area (Å²) < 4.78 is 0. The zero-order chi connectivity index (χ0) is 21.0. The summed E-state index contributed by atoms with van der Waals surface area (Å²) in [7, 11) is 0. The molecule has 0 unspecified atom stereocenters. The van der Waals surface area contributed by atoms with Crippen molar-refractivity contribution in [2.45, 2.75) is 101 Å². The molecule has 0 radical (unpaired) electrons. The highest BCUT2D eigenvalue weighted by molar-refractivity contribution is 5.82. The molecular weight excluding hydrogens is 324 g/mol. The van der Waals surface area contributed by atoms with Gasteiger partial charge in [-0.15, -0.1) is 0 Å². The van der Waals surface area contributed by atoms with Gasteiger partial charge in [-0.05, 0) is 24.7 Å². The topological polar surface area (TPSA) is 58.2 Å². The molecule has 0 aliphatic heterocycles. The van der Waals surface area contributed by atoms with Gasteiger partial charge in [0.05, 0.1) is 0 Å². The maximum Gasteiger partial charge on any atom is 0.225 e. The van der Waals surface area contributed by atoms with Crippen LogP contribution in [-0.4, -0.2) is 24.9 Å². The van der Waals surface area contributed by atoms with Crippen LogP contribution in [0.5, 0.6) is 0 Å². The van der Waals surface area contributed by atoms with Crippen LogP contribution in [0.2, 0.25) is 0 Å². The fraction of sp³-hybridized carbons (Fsp3) is 0.909. The van der Waals surface area contributed by atoms with E-state index in [1.54, 1.807) is 0 Å². The number of amides is 2. The highest BCUT2D eigenvalue weighted by atomic mass is 16.2. The van der Waals surface area contributed by atoms with Crippen molar-refractivity contribution >= 4 is 11.8 Å². The van der Waals surface area contributed by atoms with Gasteiger partial charge in [-0.1, -0.05) is 82.1 Å². The molecule has 0 rings (SSSR count). The quantitative estimate of drug-likeness (QED) is 0.540. The Kier molecular flexibility index (Phi) is 12.9. The van der Waals surface area contributed by atoms with E-state index in [2.05, 4.69) is 38.3 Å². The lowest BCUT2D eigenvalue weighted by Crippen LogP contribution is -2.40. The number of carbonyl (C=O) groups is 2. The van der Waals surface area contributed by atoms with Crippen LogP contribution in [-0.2, 0) is 9.59 Å². The third-order valence-electron chi connectivity index (χ3n) is 4.84. The smallest absolute Gasteiger partial charge is 0.225 e. The molecule has 156 valence electrons. The summed E-state index contributed by atoms with van der Waals surface area (Å²) in [6.45, 7) is 22.1. The van der Waals surface area contributed by atoms with Crippen LogP contribution in [0.4, 0.5) is 0 Å². The Hall–Kier alpha value is -1.06. The molecule has 0 fully saturated rings. The van der Waals surface area contributed by atoms with Crippen LogP contribution >= 0.6 is 0 Å². The van der Waals surface area contributed by atoms with E-state index in [0.717, 1.165) is 32.4 Å². The number of hydrogen-bond donors (Lipinski definition) is 2. The molecule has 0 saturated carbocycles. The SMILES string of the molecule is CCC(C)(C)C(=O)NCC(C)(C)C.CCCCCNC(=O)C(C)(C)CC. The van der Waals surface area contributed by atoms with E-state index < -0.39 is 0 Å². The average molecular weight is 371 g/mol. The van der Waals surface area contributed by atoms with Gasteiger partial charge < -0.3 is 10.6 Å². The van der Waals surface area contributed by atoms with E-state index in [-0.39, 0.29) is 28.1 Å². The zero-order valence-corrected chi connectivity index (χ0v) is 19.3. The summed E-state index contributed by atoms with van der Waals surface area (Å²) in [5, 5.41) is 5.94. The summed E-state index contributed by atoms with van der Waals surface area (Å²) in [6.07, 6.45) is 5.28. The Balaban J connectivity index is 0. The predicted molar refractivity (Wildman–Crippen MR) is 113 cm³/mol. The van der Waals surface area contributed by atoms with Gasteiger partial charge >= 0.3 is 0 Å². The molecule has 0 aromatic rings. The minimum atomic E-state index is -0.231. The molecule has 0 spiro atoms. The second kappa shape index (κ2) is 12.3. The summed E-state index contributed by atoms with van der Waals surface area (Å²) in [5.41, 5.74) is -0.267. The highest BCUT2D eigenvalue weighted by Gasteiger charge is 2.26. The second-order valence-electron chi connectivity index (χ2n) is 9.68. The molecule has 0 heterocycles. The van der Waals surface area contributed by atoms with Gasteiger partial charge in [-0.25, -0.2) is 0 Å². The molecule has 0 bridgehead atoms. The second-order valence-corrected chi connectivity index (χ2v) is 9.68. The third-order valence-corrected chi connectivity index (χ3v) is 4.84. The first-order valence-electron chi connectivity index (χ1n) is 10.3. The van der Waals surface area contributed by atoms with Crippen molar-refractivity contribution in [3.8, 4) is 0 Å². The predicted octanol–water partition coefficient (Wildman–Crippen LogP) is 5.31. The molecule has 0 aromatic carbocycles. The van der Waals surface area contributed by atoms with E-state index in [0.29, 0.717) is 0 Å². The standard InChI is InChI=1S/2C11H23NO/c1-7-11(5,6)9(13)12-8-10(2,3)4;1-5-7-8-9-12-10(13)11(3,4)6-2/h7-8H2,1-6H3,(H,12,13);5-9H2,1-4H3,(H,12,13). The first kappa shape index (κ1) is 27.2. The minimum absolute atomic E-state index is 0.157. The van der Waals surface area contributed by atoms with Gasteiger partial charge in [0.15, 0.2) is 0 Å². The maximum absolute atomic E-state index is 11.6. The fourth-order valence-corrected chi connectivity index (χ4v) is 1.72. The molecule has 2 N–H and O–H groups in total. The normalized spacial score (nSPS) is 12.1. The molecule has 0 aromatic heterocycles. The van der Waals surface area contributed by atoms with Crippen molar-refractivity contribution in [2.24, 2.45) is 16.2 Å². The number of unbranched alkanes of at least 4 members (excludes halogenated alkanes) is 2. The van der Waals surface area contributed by atoms with Gasteiger partial charge in [0.2, 0.25) is 11.8 Å². The van der Waals surface area contributed by atoms with Crippen LogP contribution in [0.3, 0.4) is 0 Å². The molecule has 0 saturated heterocycles. The molecular formula is C22H46N2O2. The number of carbonyl (C=O) groups excluding carboxylic acids is 2. The molecule has 0 atom stereocenters. The summed E-state index contributed by atoms with van der Waals surface area (Å²) in [4.78, 5) is 23.2. The van der Waals surface area contributed by atoms with E-state index in [9.17, 15) is 9.59 Å². The van der Waals surface area contributed by atoms with Gasteiger partial charge in [0.25, 0.3) is 0 Å². The Morgan fingerprint density at radius 1 is 0.692 bits per heavy atom. The Morgan fingerprint density at radius 2 is 1.12 bits per heavy atom. The van der Waals surface area contributed by atoms with Gasteiger partial charge in [0.1, 0.15) is 0 Å². The van der Waals surface area contributed by atoms with Crippen molar-refractivity contribution in [1.29, 1.82) is 0 Å². The molecule has 2 amide bonds. The lowest BCUT2D eigenvalue weighted by Gasteiger charge is -2.25. The maximum atomic E-state index is 11.6. The fourth-order valence-electron chi connectivity index (χ4n) is 1.72. The molecule has 4 heteroatoms. The van der Waals surface area contributed by atoms with E-state index in [1.165, 1.54) is 12.8 Å². The lowest BCUT2D eigenvalue weighted by molar-refractivity contribution is -0.130. The van der Waals surface area contributed by atoms with Crippen LogP contribution in [0.25, 0.3) is 0 Å². The van der Waals surface area contributed by atoms with Gasteiger partial charge in [-0.2, -0.15) is 0 Å². The Labute approximate surface area is 163 Å². The van der Waals surface area contributed by atoms with Crippen LogP contribution in [0, 0.1) is 16.2 Å². The first-order chi connectivity index (χ1) is 11.7. The van der Waals surface area contributed by atoms with Crippen LogP contribution in [0.1, 0.15) is 101 Å². The van der Waals surface area contributed by atoms with Crippen molar-refractivity contribution in [1.82, 2.24) is 10.6 Å².